The predicted octanol–water partition coefficient (Wildman–Crippen LogP) is 4.08. The molecule has 1 atom stereocenters. The highest BCUT2D eigenvalue weighted by Crippen LogP contribution is 2.35. The molecular weight excluding hydrogens is 291 g/mol. The summed E-state index contributed by atoms with van der Waals surface area (Å²) in [6.45, 7) is 0.650. The van der Waals surface area contributed by atoms with Crippen LogP contribution in [0.4, 0.5) is 4.39 Å². The van der Waals surface area contributed by atoms with E-state index in [-0.39, 0.29) is 6.42 Å². The summed E-state index contributed by atoms with van der Waals surface area (Å²) in [5.74, 6) is 0.343. The molecule has 0 bridgehead atoms. The van der Waals surface area contributed by atoms with E-state index in [1.165, 1.54) is 6.07 Å². The lowest BCUT2D eigenvalue weighted by atomic mass is 9.95. The van der Waals surface area contributed by atoms with E-state index in [1.807, 2.05) is 18.2 Å². The second kappa shape index (κ2) is 6.04. The number of ether oxygens (including phenoxy) is 1. The lowest BCUT2D eigenvalue weighted by Gasteiger charge is -2.23. The molecule has 1 aliphatic rings. The molecule has 0 amide bonds. The van der Waals surface area contributed by atoms with Gasteiger partial charge >= 0.3 is 0 Å². The first-order valence-corrected chi connectivity index (χ1v) is 7.40. The summed E-state index contributed by atoms with van der Waals surface area (Å²) in [6.07, 6.45) is 1.21. The Morgan fingerprint density at radius 2 is 2.05 bits per heavy atom. The zero-order chi connectivity index (χ0) is 14.8. The first kappa shape index (κ1) is 14.4. The predicted molar refractivity (Wildman–Crippen MR) is 80.3 cm³/mol. The third kappa shape index (κ3) is 2.89. The molecule has 1 aliphatic heterocycles. The highest BCUT2D eigenvalue weighted by atomic mass is 35.5. The zero-order valence-electron chi connectivity index (χ0n) is 11.5. The van der Waals surface area contributed by atoms with E-state index in [9.17, 15) is 9.50 Å². The van der Waals surface area contributed by atoms with Gasteiger partial charge in [-0.15, -0.1) is 0 Å². The highest BCUT2D eigenvalue weighted by molar-refractivity contribution is 6.31. The quantitative estimate of drug-likeness (QED) is 0.926. The van der Waals surface area contributed by atoms with Gasteiger partial charge in [-0.3, -0.25) is 0 Å². The van der Waals surface area contributed by atoms with Gasteiger partial charge in [-0.05, 0) is 30.5 Å². The van der Waals surface area contributed by atoms with Gasteiger partial charge in [0.25, 0.3) is 0 Å². The fourth-order valence-electron chi connectivity index (χ4n) is 2.71. The number of para-hydroxylation sites is 1. The van der Waals surface area contributed by atoms with Crippen molar-refractivity contribution in [2.45, 2.75) is 25.4 Å². The minimum atomic E-state index is -0.840. The van der Waals surface area contributed by atoms with E-state index in [1.54, 1.807) is 12.1 Å². The largest absolute Gasteiger partial charge is 0.493 e. The van der Waals surface area contributed by atoms with Crippen molar-refractivity contribution in [2.75, 3.05) is 6.61 Å². The van der Waals surface area contributed by atoms with Crippen molar-refractivity contribution >= 4 is 11.6 Å². The van der Waals surface area contributed by atoms with Crippen molar-refractivity contribution in [1.82, 2.24) is 0 Å². The van der Waals surface area contributed by atoms with Gasteiger partial charge < -0.3 is 9.84 Å². The van der Waals surface area contributed by atoms with Gasteiger partial charge in [0, 0.05) is 22.6 Å². The van der Waals surface area contributed by atoms with E-state index in [0.29, 0.717) is 22.8 Å². The first-order valence-electron chi connectivity index (χ1n) is 7.02. The maximum atomic E-state index is 13.8. The standard InChI is InChI=1S/C17H16ClFO2/c18-14-7-2-8-15(19)13(14)10-16(20)12-6-1-4-11-5-3-9-21-17(11)12/h1-2,4,6-8,16,20H,3,5,9-10H2. The number of hydrogen-bond acceptors (Lipinski definition) is 2. The van der Waals surface area contributed by atoms with Crippen LogP contribution < -0.4 is 4.74 Å². The van der Waals surface area contributed by atoms with Crippen LogP contribution in [0.25, 0.3) is 0 Å². The first-order chi connectivity index (χ1) is 10.2. The number of rotatable bonds is 3. The molecule has 110 valence electrons. The molecule has 0 aliphatic carbocycles. The summed E-state index contributed by atoms with van der Waals surface area (Å²) in [4.78, 5) is 0. The van der Waals surface area contributed by atoms with Gasteiger partial charge in [-0.2, -0.15) is 0 Å². The molecule has 0 radical (unpaired) electrons. The average molecular weight is 307 g/mol. The summed E-state index contributed by atoms with van der Waals surface area (Å²) in [5, 5.41) is 10.8. The normalized spacial score (nSPS) is 15.2. The molecule has 0 aromatic heterocycles. The number of aryl methyl sites for hydroxylation is 1. The van der Waals surface area contributed by atoms with Crippen LogP contribution in [0.15, 0.2) is 36.4 Å². The molecular formula is C17H16ClFO2. The Morgan fingerprint density at radius 1 is 1.24 bits per heavy atom. The van der Waals surface area contributed by atoms with Gasteiger partial charge in [0.05, 0.1) is 12.7 Å². The van der Waals surface area contributed by atoms with Crippen molar-refractivity contribution in [2.24, 2.45) is 0 Å². The van der Waals surface area contributed by atoms with Gasteiger partial charge in [0.1, 0.15) is 11.6 Å². The third-order valence-corrected chi connectivity index (χ3v) is 4.14. The fraction of sp³-hybridized carbons (Fsp3) is 0.294. The molecule has 1 N–H and O–H groups in total. The van der Waals surface area contributed by atoms with Crippen molar-refractivity contribution in [3.63, 3.8) is 0 Å². The van der Waals surface area contributed by atoms with Crippen LogP contribution in [0.5, 0.6) is 5.75 Å². The van der Waals surface area contributed by atoms with Crippen LogP contribution >= 0.6 is 11.6 Å². The van der Waals surface area contributed by atoms with Crippen LogP contribution in [0, 0.1) is 5.82 Å². The Balaban J connectivity index is 1.91. The minimum Gasteiger partial charge on any atom is -0.493 e. The number of hydrogen-bond donors (Lipinski definition) is 1. The molecule has 0 fully saturated rings. The highest BCUT2D eigenvalue weighted by Gasteiger charge is 2.21. The maximum absolute atomic E-state index is 13.8. The van der Waals surface area contributed by atoms with Gasteiger partial charge in [-0.25, -0.2) is 4.39 Å². The molecule has 3 rings (SSSR count). The molecule has 0 saturated carbocycles. The van der Waals surface area contributed by atoms with E-state index in [2.05, 4.69) is 0 Å². The molecule has 0 spiro atoms. The summed E-state index contributed by atoms with van der Waals surface area (Å²) < 4.78 is 19.5. The Kier molecular flexibility index (Phi) is 4.13. The van der Waals surface area contributed by atoms with Gasteiger partial charge in [-0.1, -0.05) is 35.9 Å². The van der Waals surface area contributed by atoms with E-state index in [0.717, 1.165) is 24.2 Å². The number of fused-ring (bicyclic) bond motifs is 1. The number of benzene rings is 2. The maximum Gasteiger partial charge on any atom is 0.128 e. The van der Waals surface area contributed by atoms with Crippen LogP contribution in [0.2, 0.25) is 5.02 Å². The summed E-state index contributed by atoms with van der Waals surface area (Å²) in [6, 6.07) is 10.3. The van der Waals surface area contributed by atoms with E-state index >= 15 is 0 Å². The van der Waals surface area contributed by atoms with Crippen LogP contribution in [-0.4, -0.2) is 11.7 Å². The topological polar surface area (TPSA) is 29.5 Å². The van der Waals surface area contributed by atoms with Crippen molar-refractivity contribution in [1.29, 1.82) is 0 Å². The smallest absolute Gasteiger partial charge is 0.128 e. The van der Waals surface area contributed by atoms with Gasteiger partial charge in [0.15, 0.2) is 0 Å². The summed E-state index contributed by atoms with van der Waals surface area (Å²) in [5.41, 5.74) is 2.13. The second-order valence-electron chi connectivity index (χ2n) is 5.21. The molecule has 21 heavy (non-hydrogen) atoms. The lowest BCUT2D eigenvalue weighted by molar-refractivity contribution is 0.168. The third-order valence-electron chi connectivity index (χ3n) is 3.78. The summed E-state index contributed by atoms with van der Waals surface area (Å²) >= 11 is 6.02. The molecule has 2 nitrogen and oxygen atoms in total. The Labute approximate surface area is 128 Å². The Hall–Kier alpha value is -1.58. The molecule has 2 aromatic carbocycles. The number of halogens is 2. The lowest BCUT2D eigenvalue weighted by Crippen LogP contribution is -2.13. The van der Waals surface area contributed by atoms with Crippen molar-refractivity contribution in [3.8, 4) is 5.75 Å². The molecule has 1 heterocycles. The SMILES string of the molecule is OC(Cc1c(F)cccc1Cl)c1cccc2c1OCCC2. The molecule has 1 unspecified atom stereocenters. The van der Waals surface area contributed by atoms with E-state index in [4.69, 9.17) is 16.3 Å². The molecule has 4 heteroatoms. The fourth-order valence-corrected chi connectivity index (χ4v) is 2.95. The Bertz CT molecular complexity index is 637. The Morgan fingerprint density at radius 3 is 2.86 bits per heavy atom. The average Bonchev–Trinajstić information content (AvgIpc) is 2.50. The van der Waals surface area contributed by atoms with Crippen LogP contribution in [0.3, 0.4) is 0 Å². The zero-order valence-corrected chi connectivity index (χ0v) is 12.2. The molecule has 2 aromatic rings. The van der Waals surface area contributed by atoms with Crippen molar-refractivity contribution in [3.05, 3.63) is 63.9 Å². The van der Waals surface area contributed by atoms with Crippen LogP contribution in [-0.2, 0) is 12.8 Å². The molecule has 0 saturated heterocycles. The summed E-state index contributed by atoms with van der Waals surface area (Å²) in [7, 11) is 0. The van der Waals surface area contributed by atoms with Crippen LogP contribution in [0.1, 0.15) is 29.2 Å². The second-order valence-corrected chi connectivity index (χ2v) is 5.61. The number of aliphatic hydroxyl groups excluding tert-OH is 1. The number of aliphatic hydroxyl groups is 1. The van der Waals surface area contributed by atoms with E-state index < -0.39 is 11.9 Å². The monoisotopic (exact) mass is 306 g/mol. The van der Waals surface area contributed by atoms with Crippen molar-refractivity contribution < 1.29 is 14.2 Å². The minimum absolute atomic E-state index is 0.130. The van der Waals surface area contributed by atoms with Gasteiger partial charge in [0.2, 0.25) is 0 Å².